The number of ether oxygens (including phenoxy) is 1. The van der Waals surface area contributed by atoms with Crippen LogP contribution in [0.3, 0.4) is 0 Å². The number of hydrogen-bond acceptors (Lipinski definition) is 2. The maximum Gasteiger partial charge on any atom is 0.429 e. The highest BCUT2D eigenvalue weighted by Crippen LogP contribution is 2.18. The largest absolute Gasteiger partial charge is 0.429 e. The van der Waals surface area contributed by atoms with Gasteiger partial charge >= 0.3 is 12.1 Å². The molecular weight excluding hydrogens is 173 g/mol. The highest BCUT2D eigenvalue weighted by Gasteiger charge is 2.35. The van der Waals surface area contributed by atoms with Crippen molar-refractivity contribution in [3.63, 3.8) is 0 Å². The van der Waals surface area contributed by atoms with E-state index >= 15 is 0 Å². The van der Waals surface area contributed by atoms with E-state index in [4.69, 9.17) is 0 Å². The number of halogens is 3. The molecule has 0 aliphatic rings. The number of alkyl halides is 3. The zero-order chi connectivity index (χ0) is 9.78. The summed E-state index contributed by atoms with van der Waals surface area (Å²) in [5, 5.41) is 0. The van der Waals surface area contributed by atoms with Crippen LogP contribution in [0.15, 0.2) is 0 Å². The molecule has 2 nitrogen and oxygen atoms in total. The molecular formula is C7H11F3O2. The van der Waals surface area contributed by atoms with Gasteiger partial charge in [0.25, 0.3) is 0 Å². The van der Waals surface area contributed by atoms with Gasteiger partial charge in [-0.2, -0.15) is 8.78 Å². The van der Waals surface area contributed by atoms with Crippen molar-refractivity contribution in [1.82, 2.24) is 0 Å². The zero-order valence-corrected chi connectivity index (χ0v) is 6.94. The van der Waals surface area contributed by atoms with Gasteiger partial charge in [0.15, 0.2) is 6.67 Å². The van der Waals surface area contributed by atoms with Crippen LogP contribution in [0, 0.1) is 5.92 Å². The lowest BCUT2D eigenvalue weighted by atomic mass is 10.1. The van der Waals surface area contributed by atoms with Gasteiger partial charge in [0.1, 0.15) is 0 Å². The maximum absolute atomic E-state index is 12.1. The van der Waals surface area contributed by atoms with Gasteiger partial charge in [-0.25, -0.2) is 4.39 Å². The summed E-state index contributed by atoms with van der Waals surface area (Å²) >= 11 is 0. The summed E-state index contributed by atoms with van der Waals surface area (Å²) in [5.41, 5.74) is 0. The molecule has 72 valence electrons. The van der Waals surface area contributed by atoms with Crippen LogP contribution in [-0.2, 0) is 9.53 Å². The highest BCUT2D eigenvalue weighted by atomic mass is 19.3. The summed E-state index contributed by atoms with van der Waals surface area (Å²) < 4.78 is 39.2. The number of esters is 1. The van der Waals surface area contributed by atoms with Crippen molar-refractivity contribution in [2.45, 2.75) is 26.4 Å². The fourth-order valence-corrected chi connectivity index (χ4v) is 0.442. The Morgan fingerprint density at radius 1 is 1.58 bits per heavy atom. The molecule has 0 saturated heterocycles. The predicted octanol–water partition coefficient (Wildman–Crippen LogP) is 2.14. The molecule has 0 radical (unpaired) electrons. The minimum Gasteiger partial charge on any atom is -0.399 e. The lowest BCUT2D eigenvalue weighted by Gasteiger charge is -2.15. The third-order valence-electron chi connectivity index (χ3n) is 1.42. The first-order valence-electron chi connectivity index (χ1n) is 3.59. The van der Waals surface area contributed by atoms with Gasteiger partial charge in [0.05, 0.1) is 5.92 Å². The average Bonchev–Trinajstić information content (AvgIpc) is 2.02. The van der Waals surface area contributed by atoms with Gasteiger partial charge in [-0.15, -0.1) is 0 Å². The predicted molar refractivity (Wildman–Crippen MR) is 36.5 cm³/mol. The van der Waals surface area contributed by atoms with Crippen molar-refractivity contribution < 1.29 is 22.7 Å². The summed E-state index contributed by atoms with van der Waals surface area (Å²) in [6.07, 6.45) is -3.58. The van der Waals surface area contributed by atoms with Gasteiger partial charge < -0.3 is 4.74 Å². The van der Waals surface area contributed by atoms with Crippen LogP contribution < -0.4 is 0 Å². The highest BCUT2D eigenvalue weighted by molar-refractivity contribution is 5.72. The topological polar surface area (TPSA) is 26.3 Å². The molecule has 0 aliphatic carbocycles. The second kappa shape index (κ2) is 4.33. The summed E-state index contributed by atoms with van der Waals surface area (Å²) in [4.78, 5) is 10.7. The number of hydrogen-bond donors (Lipinski definition) is 0. The monoisotopic (exact) mass is 184 g/mol. The number of carbonyl (C=O) groups excluding carboxylic acids is 1. The van der Waals surface area contributed by atoms with E-state index in [1.807, 2.05) is 0 Å². The second-order valence-corrected chi connectivity index (χ2v) is 2.50. The molecule has 5 heteroatoms. The van der Waals surface area contributed by atoms with Gasteiger partial charge in [0.2, 0.25) is 0 Å². The first-order valence-corrected chi connectivity index (χ1v) is 3.59. The van der Waals surface area contributed by atoms with Crippen LogP contribution in [0.5, 0.6) is 0 Å². The lowest BCUT2D eigenvalue weighted by molar-refractivity contribution is -0.241. The van der Waals surface area contributed by atoms with Crippen LogP contribution in [0.25, 0.3) is 0 Å². The molecule has 0 heterocycles. The van der Waals surface area contributed by atoms with Crippen LogP contribution >= 0.6 is 0 Å². The van der Waals surface area contributed by atoms with Crippen molar-refractivity contribution in [2.24, 2.45) is 5.92 Å². The molecule has 0 aromatic carbocycles. The van der Waals surface area contributed by atoms with E-state index in [2.05, 4.69) is 4.74 Å². The minimum absolute atomic E-state index is 0.390. The molecule has 0 aromatic heterocycles. The Hall–Kier alpha value is -0.740. The molecule has 1 unspecified atom stereocenters. The summed E-state index contributed by atoms with van der Waals surface area (Å²) in [6.45, 7) is 1.12. The Labute approximate surface area is 68.7 Å². The zero-order valence-electron chi connectivity index (χ0n) is 6.94. The maximum atomic E-state index is 12.1. The molecule has 0 aliphatic heterocycles. The Kier molecular flexibility index (Phi) is 4.06. The first-order chi connectivity index (χ1) is 5.43. The molecule has 0 aromatic rings. The molecule has 0 fully saturated rings. The van der Waals surface area contributed by atoms with Crippen molar-refractivity contribution in [2.75, 3.05) is 6.67 Å². The van der Waals surface area contributed by atoms with Crippen LogP contribution in [0.2, 0.25) is 0 Å². The minimum atomic E-state index is -3.97. The Bertz CT molecular complexity index is 159. The quantitative estimate of drug-likeness (QED) is 0.625. The van der Waals surface area contributed by atoms with E-state index in [1.54, 1.807) is 6.92 Å². The summed E-state index contributed by atoms with van der Waals surface area (Å²) in [5.74, 6) is -1.69. The van der Waals surface area contributed by atoms with Crippen molar-refractivity contribution in [1.29, 1.82) is 0 Å². The van der Waals surface area contributed by atoms with E-state index in [0.29, 0.717) is 6.42 Å². The smallest absolute Gasteiger partial charge is 0.399 e. The van der Waals surface area contributed by atoms with Crippen molar-refractivity contribution in [3.8, 4) is 0 Å². The van der Waals surface area contributed by atoms with Crippen molar-refractivity contribution >= 4 is 5.97 Å². The standard InChI is InChI=1S/C7H11F3O2/c1-3-5(2)6(11)12-7(9,10)4-8/h5H,3-4H2,1-2H3. The second-order valence-electron chi connectivity index (χ2n) is 2.50. The van der Waals surface area contributed by atoms with E-state index in [1.165, 1.54) is 6.92 Å². The van der Waals surface area contributed by atoms with Gasteiger partial charge in [0, 0.05) is 0 Å². The SMILES string of the molecule is CCC(C)C(=O)OC(F)(F)CF. The van der Waals surface area contributed by atoms with Crippen molar-refractivity contribution in [3.05, 3.63) is 0 Å². The third kappa shape index (κ3) is 3.59. The number of rotatable bonds is 4. The first kappa shape index (κ1) is 11.3. The van der Waals surface area contributed by atoms with E-state index < -0.39 is 24.7 Å². The van der Waals surface area contributed by atoms with E-state index in [-0.39, 0.29) is 0 Å². The molecule has 0 bridgehead atoms. The fourth-order valence-electron chi connectivity index (χ4n) is 0.442. The van der Waals surface area contributed by atoms with Crippen LogP contribution in [-0.4, -0.2) is 18.8 Å². The lowest BCUT2D eigenvalue weighted by Crippen LogP contribution is -2.29. The molecule has 0 rings (SSSR count). The molecule has 0 saturated carbocycles. The van der Waals surface area contributed by atoms with E-state index in [9.17, 15) is 18.0 Å². The summed E-state index contributed by atoms with van der Waals surface area (Å²) in [6, 6.07) is 0. The third-order valence-corrected chi connectivity index (χ3v) is 1.42. The van der Waals surface area contributed by atoms with Gasteiger partial charge in [-0.3, -0.25) is 4.79 Å². The molecule has 0 spiro atoms. The Morgan fingerprint density at radius 3 is 2.42 bits per heavy atom. The van der Waals surface area contributed by atoms with Crippen LogP contribution in [0.4, 0.5) is 13.2 Å². The average molecular weight is 184 g/mol. The van der Waals surface area contributed by atoms with Gasteiger partial charge in [-0.1, -0.05) is 13.8 Å². The van der Waals surface area contributed by atoms with Crippen LogP contribution in [0.1, 0.15) is 20.3 Å². The Balaban J connectivity index is 4.00. The molecule has 0 N–H and O–H groups in total. The van der Waals surface area contributed by atoms with E-state index in [0.717, 1.165) is 0 Å². The molecule has 0 amide bonds. The summed E-state index contributed by atoms with van der Waals surface area (Å²) in [7, 11) is 0. The molecule has 1 atom stereocenters. The Morgan fingerprint density at radius 2 is 2.08 bits per heavy atom. The van der Waals surface area contributed by atoms with Gasteiger partial charge in [-0.05, 0) is 6.42 Å². The number of carbonyl (C=O) groups is 1. The fraction of sp³-hybridized carbons (Fsp3) is 0.857. The molecule has 12 heavy (non-hydrogen) atoms. The normalized spacial score (nSPS) is 14.1.